The van der Waals surface area contributed by atoms with Gasteiger partial charge in [-0.05, 0) is 25.2 Å². The fourth-order valence-electron chi connectivity index (χ4n) is 3.05. The summed E-state index contributed by atoms with van der Waals surface area (Å²) in [4.78, 5) is 9.94. The maximum absolute atomic E-state index is 5.87. The fraction of sp³-hybridized carbons (Fsp3) is 0.800. The molecule has 0 bridgehead atoms. The lowest BCUT2D eigenvalue weighted by atomic mass is 10.1. The third-order valence-electron chi connectivity index (χ3n) is 4.44. The largest absolute Gasteiger partial charge is 0.301 e. The molecule has 2 heterocycles. The number of rotatable bonds is 6. The number of alkyl halides is 1. The molecule has 2 aliphatic rings. The number of aromatic nitrogens is 1. The molecule has 1 saturated heterocycles. The fourth-order valence-corrected chi connectivity index (χ4v) is 4.31. The molecule has 3 nitrogen and oxygen atoms in total. The second-order valence-electron chi connectivity index (χ2n) is 6.01. The van der Waals surface area contributed by atoms with Crippen LogP contribution in [0.2, 0.25) is 0 Å². The van der Waals surface area contributed by atoms with Gasteiger partial charge in [-0.2, -0.15) is 0 Å². The van der Waals surface area contributed by atoms with Crippen LogP contribution in [0.4, 0.5) is 0 Å². The van der Waals surface area contributed by atoms with E-state index in [9.17, 15) is 0 Å². The lowest BCUT2D eigenvalue weighted by Crippen LogP contribution is -2.48. The molecular weight excluding hydrogens is 290 g/mol. The van der Waals surface area contributed by atoms with Crippen LogP contribution in [-0.4, -0.2) is 47.5 Å². The van der Waals surface area contributed by atoms with Crippen molar-refractivity contribution in [1.82, 2.24) is 14.8 Å². The standard InChI is InChI=1S/C15H24ClN3S/c1-2-14(15-17-13(9-16)11-20-15)19-7-5-18(6-8-19)10-12-3-4-12/h11-12,14H,2-10H2,1H3. The Morgan fingerprint density at radius 3 is 2.65 bits per heavy atom. The van der Waals surface area contributed by atoms with Gasteiger partial charge in [0.2, 0.25) is 0 Å². The SMILES string of the molecule is CCC(c1nc(CCl)cs1)N1CCN(CC2CC2)CC1. The third kappa shape index (κ3) is 3.53. The van der Waals surface area contributed by atoms with E-state index in [-0.39, 0.29) is 0 Å². The molecule has 0 amide bonds. The van der Waals surface area contributed by atoms with Crippen LogP contribution in [0.15, 0.2) is 5.38 Å². The van der Waals surface area contributed by atoms with Crippen molar-refractivity contribution in [2.45, 2.75) is 38.1 Å². The molecule has 1 aliphatic carbocycles. The monoisotopic (exact) mass is 313 g/mol. The Kier molecular flexibility index (Phi) is 4.97. The molecular formula is C15H24ClN3S. The first kappa shape index (κ1) is 14.8. The van der Waals surface area contributed by atoms with Crippen molar-refractivity contribution in [3.8, 4) is 0 Å². The molecule has 1 aromatic rings. The first-order valence-electron chi connectivity index (χ1n) is 7.76. The van der Waals surface area contributed by atoms with E-state index in [2.05, 4.69) is 27.1 Å². The third-order valence-corrected chi connectivity index (χ3v) is 5.71. The first-order chi connectivity index (χ1) is 9.80. The zero-order valence-corrected chi connectivity index (χ0v) is 13.8. The van der Waals surface area contributed by atoms with Crippen LogP contribution in [0, 0.1) is 5.92 Å². The smallest absolute Gasteiger partial charge is 0.110 e. The van der Waals surface area contributed by atoms with Crippen molar-refractivity contribution in [1.29, 1.82) is 0 Å². The molecule has 0 spiro atoms. The summed E-state index contributed by atoms with van der Waals surface area (Å²) in [6.45, 7) is 8.41. The minimum atomic E-state index is 0.486. The summed E-state index contributed by atoms with van der Waals surface area (Å²) in [6, 6.07) is 0.486. The van der Waals surface area contributed by atoms with Gasteiger partial charge < -0.3 is 4.90 Å². The minimum Gasteiger partial charge on any atom is -0.301 e. The summed E-state index contributed by atoms with van der Waals surface area (Å²) in [5, 5.41) is 3.35. The highest BCUT2D eigenvalue weighted by atomic mass is 35.5. The van der Waals surface area contributed by atoms with E-state index in [0.717, 1.165) is 18.0 Å². The molecule has 1 aromatic heterocycles. The Morgan fingerprint density at radius 2 is 2.10 bits per heavy atom. The van der Waals surface area contributed by atoms with Crippen LogP contribution >= 0.6 is 22.9 Å². The second-order valence-corrected chi connectivity index (χ2v) is 7.17. The van der Waals surface area contributed by atoms with Gasteiger partial charge in [0.1, 0.15) is 5.01 Å². The maximum atomic E-state index is 5.87. The van der Waals surface area contributed by atoms with Crippen molar-refractivity contribution >= 4 is 22.9 Å². The van der Waals surface area contributed by atoms with Gasteiger partial charge in [0.15, 0.2) is 0 Å². The number of hydrogen-bond donors (Lipinski definition) is 0. The average Bonchev–Trinajstić information content (AvgIpc) is 3.16. The number of piperazine rings is 1. The second kappa shape index (κ2) is 6.73. The lowest BCUT2D eigenvalue weighted by molar-refractivity contribution is 0.0909. The highest BCUT2D eigenvalue weighted by molar-refractivity contribution is 7.09. The molecule has 1 atom stereocenters. The van der Waals surface area contributed by atoms with Gasteiger partial charge in [0.05, 0.1) is 17.6 Å². The van der Waals surface area contributed by atoms with Crippen LogP contribution < -0.4 is 0 Å². The quantitative estimate of drug-likeness (QED) is 0.751. The van der Waals surface area contributed by atoms with Gasteiger partial charge in [0, 0.05) is 38.1 Å². The summed E-state index contributed by atoms with van der Waals surface area (Å²) < 4.78 is 0. The van der Waals surface area contributed by atoms with E-state index < -0.39 is 0 Å². The summed E-state index contributed by atoms with van der Waals surface area (Å²) in [5.41, 5.74) is 1.03. The Labute approximate surface area is 130 Å². The summed E-state index contributed by atoms with van der Waals surface area (Å²) in [7, 11) is 0. The van der Waals surface area contributed by atoms with Gasteiger partial charge in [0.25, 0.3) is 0 Å². The van der Waals surface area contributed by atoms with E-state index in [1.54, 1.807) is 11.3 Å². The summed E-state index contributed by atoms with van der Waals surface area (Å²) in [6.07, 6.45) is 4.05. The topological polar surface area (TPSA) is 19.4 Å². The van der Waals surface area contributed by atoms with Crippen LogP contribution in [0.5, 0.6) is 0 Å². The molecule has 20 heavy (non-hydrogen) atoms. The molecule has 1 unspecified atom stereocenters. The molecule has 0 radical (unpaired) electrons. The maximum Gasteiger partial charge on any atom is 0.110 e. The molecule has 1 aliphatic heterocycles. The number of halogens is 1. The van der Waals surface area contributed by atoms with Crippen LogP contribution in [-0.2, 0) is 5.88 Å². The van der Waals surface area contributed by atoms with Crippen molar-refractivity contribution in [2.75, 3.05) is 32.7 Å². The van der Waals surface area contributed by atoms with E-state index in [1.165, 1.54) is 50.6 Å². The Hall–Kier alpha value is -0.160. The van der Waals surface area contributed by atoms with Crippen LogP contribution in [0.3, 0.4) is 0 Å². The lowest BCUT2D eigenvalue weighted by Gasteiger charge is -2.38. The summed E-state index contributed by atoms with van der Waals surface area (Å²) >= 11 is 7.64. The van der Waals surface area contributed by atoms with Gasteiger partial charge in [-0.25, -0.2) is 4.98 Å². The Balaban J connectivity index is 1.56. The van der Waals surface area contributed by atoms with Crippen molar-refractivity contribution in [3.05, 3.63) is 16.1 Å². The summed E-state index contributed by atoms with van der Waals surface area (Å²) in [5.74, 6) is 1.54. The predicted molar refractivity (Wildman–Crippen MR) is 85.4 cm³/mol. The first-order valence-corrected chi connectivity index (χ1v) is 9.18. The van der Waals surface area contributed by atoms with Crippen molar-refractivity contribution in [2.24, 2.45) is 5.92 Å². The molecule has 2 fully saturated rings. The van der Waals surface area contributed by atoms with Crippen LogP contribution in [0.25, 0.3) is 0 Å². The molecule has 0 N–H and O–H groups in total. The molecule has 1 saturated carbocycles. The normalized spacial score (nSPS) is 23.1. The van der Waals surface area contributed by atoms with E-state index in [4.69, 9.17) is 11.6 Å². The molecule has 0 aromatic carbocycles. The number of thiazole rings is 1. The highest BCUT2D eigenvalue weighted by Crippen LogP contribution is 2.31. The molecule has 112 valence electrons. The van der Waals surface area contributed by atoms with Crippen molar-refractivity contribution in [3.63, 3.8) is 0 Å². The van der Waals surface area contributed by atoms with E-state index in [1.807, 2.05) is 0 Å². The zero-order chi connectivity index (χ0) is 13.9. The predicted octanol–water partition coefficient (Wildman–Crippen LogP) is 3.36. The zero-order valence-electron chi connectivity index (χ0n) is 12.2. The minimum absolute atomic E-state index is 0.486. The van der Waals surface area contributed by atoms with Gasteiger partial charge >= 0.3 is 0 Å². The van der Waals surface area contributed by atoms with Gasteiger partial charge in [-0.3, -0.25) is 4.90 Å². The average molecular weight is 314 g/mol. The number of hydrogen-bond acceptors (Lipinski definition) is 4. The molecule has 3 rings (SSSR count). The van der Waals surface area contributed by atoms with Gasteiger partial charge in [-0.1, -0.05) is 6.92 Å². The molecule has 5 heteroatoms. The Bertz CT molecular complexity index is 425. The highest BCUT2D eigenvalue weighted by Gasteiger charge is 2.29. The van der Waals surface area contributed by atoms with Gasteiger partial charge in [-0.15, -0.1) is 22.9 Å². The van der Waals surface area contributed by atoms with E-state index >= 15 is 0 Å². The van der Waals surface area contributed by atoms with Crippen LogP contribution in [0.1, 0.15) is 42.9 Å². The Morgan fingerprint density at radius 1 is 1.35 bits per heavy atom. The van der Waals surface area contributed by atoms with Crippen molar-refractivity contribution < 1.29 is 0 Å². The van der Waals surface area contributed by atoms with E-state index in [0.29, 0.717) is 11.9 Å². The number of nitrogens with zero attached hydrogens (tertiary/aromatic N) is 3.